The maximum Gasteiger partial charge on any atom is 0.326 e. The van der Waals surface area contributed by atoms with Gasteiger partial charge < -0.3 is 59.0 Å². The number of anilines is 2. The van der Waals surface area contributed by atoms with Crippen molar-refractivity contribution in [2.45, 2.75) is 102 Å². The Morgan fingerprint density at radius 2 is 1.47 bits per heavy atom. The van der Waals surface area contributed by atoms with Gasteiger partial charge in [0.2, 0.25) is 29.6 Å². The van der Waals surface area contributed by atoms with Gasteiger partial charge in [0.15, 0.2) is 17.1 Å². The minimum Gasteiger partial charge on any atom is -0.480 e. The van der Waals surface area contributed by atoms with Gasteiger partial charge in [0.05, 0.1) is 24.5 Å². The van der Waals surface area contributed by atoms with Crippen molar-refractivity contribution in [3.8, 4) is 0 Å². The SMILES string of the molecule is CC[C@@H](C=O)NC(=O)[C@H](CC)NC(=O)[C@H](CCCN=C(N)N)NC(=O)[C@H](CC)NC(=O)CC[C@H](NC(=O)c1ccc(NCc2cnc3nc(N)[nH]c(=O)c3n2)cc1)C(=O)O. The molecular formula is C37H52N14O9. The van der Waals surface area contributed by atoms with Crippen LogP contribution < -0.4 is 54.7 Å². The average molecular weight is 837 g/mol. The molecule has 23 nitrogen and oxygen atoms in total. The lowest BCUT2D eigenvalue weighted by atomic mass is 10.1. The van der Waals surface area contributed by atoms with Gasteiger partial charge in [0.1, 0.15) is 30.5 Å². The number of guanidine groups is 1. The number of hydrogen-bond acceptors (Lipinski definition) is 14. The third kappa shape index (κ3) is 14.6. The van der Waals surface area contributed by atoms with Crippen LogP contribution in [0, 0.1) is 0 Å². The first-order valence-electron chi connectivity index (χ1n) is 19.2. The van der Waals surface area contributed by atoms with Crippen LogP contribution in [0.1, 0.15) is 81.8 Å². The molecule has 3 rings (SSSR count). The summed E-state index contributed by atoms with van der Waals surface area (Å²) >= 11 is 0. The number of aromatic amines is 1. The standard InChI is InChI=1S/C37H52N14O9/c1-4-20(18-52)45-31(55)24(6-3)47-33(57)25(8-7-15-41-36(38)39)48-32(56)23(5-2)46-27(53)14-13-26(35(59)60)49-30(54)19-9-11-21(12-10-19)42-16-22-17-43-29-28(44-22)34(58)51-37(40)50-29/h9-12,17-18,20,23-26,42H,4-8,13-16H2,1-3H3,(H,45,55)(H,46,53)(H,47,57)(H,48,56)(H,49,54)(H,59,60)(H4,38,39,41)(H3,40,43,50,51,58)/t20-,23-,24-,25-,26-/m0/s1. The predicted molar refractivity (Wildman–Crippen MR) is 219 cm³/mol. The smallest absolute Gasteiger partial charge is 0.326 e. The molecule has 14 N–H and O–H groups in total. The molecule has 324 valence electrons. The molecule has 60 heavy (non-hydrogen) atoms. The summed E-state index contributed by atoms with van der Waals surface area (Å²) < 4.78 is 0. The zero-order valence-corrected chi connectivity index (χ0v) is 33.4. The van der Waals surface area contributed by atoms with Crippen molar-refractivity contribution in [1.29, 1.82) is 0 Å². The normalized spacial score (nSPS) is 13.3. The Balaban J connectivity index is 1.57. The highest BCUT2D eigenvalue weighted by molar-refractivity contribution is 5.97. The second-order valence-electron chi connectivity index (χ2n) is 13.5. The number of hydrogen-bond donors (Lipinski definition) is 11. The maximum atomic E-state index is 13.4. The molecular weight excluding hydrogens is 784 g/mol. The summed E-state index contributed by atoms with van der Waals surface area (Å²) in [6.07, 6.45) is 2.26. The first-order valence-corrected chi connectivity index (χ1v) is 19.2. The second-order valence-corrected chi connectivity index (χ2v) is 13.5. The zero-order valence-electron chi connectivity index (χ0n) is 33.4. The van der Waals surface area contributed by atoms with Gasteiger partial charge in [-0.25, -0.2) is 14.8 Å². The topological polar surface area (TPSA) is 374 Å². The van der Waals surface area contributed by atoms with E-state index in [9.17, 15) is 43.5 Å². The molecule has 2 heterocycles. The summed E-state index contributed by atoms with van der Waals surface area (Å²) in [5, 5.41) is 25.6. The number of aldehydes is 1. The molecule has 0 saturated heterocycles. The van der Waals surface area contributed by atoms with Crippen molar-refractivity contribution in [2.75, 3.05) is 17.6 Å². The van der Waals surface area contributed by atoms with E-state index >= 15 is 0 Å². The number of carboxylic acids is 1. The second kappa shape index (κ2) is 23.3. The number of carbonyl (C=O) groups excluding carboxylic acids is 6. The number of fused-ring (bicyclic) bond motifs is 1. The van der Waals surface area contributed by atoms with Crippen LogP contribution in [0.5, 0.6) is 0 Å². The van der Waals surface area contributed by atoms with E-state index < -0.39 is 71.3 Å². The van der Waals surface area contributed by atoms with Gasteiger partial charge >= 0.3 is 5.97 Å². The van der Waals surface area contributed by atoms with Crippen molar-refractivity contribution in [1.82, 2.24) is 46.5 Å². The molecule has 0 bridgehead atoms. The molecule has 0 aliphatic carbocycles. The lowest BCUT2D eigenvalue weighted by Crippen LogP contribution is -2.57. The number of nitrogens with one attached hydrogen (secondary N) is 7. The third-order valence-corrected chi connectivity index (χ3v) is 8.98. The van der Waals surface area contributed by atoms with Gasteiger partial charge in [0, 0.05) is 24.2 Å². The highest BCUT2D eigenvalue weighted by Crippen LogP contribution is 2.13. The molecule has 3 aromatic rings. The first kappa shape index (κ1) is 47.2. The molecule has 23 heteroatoms. The fraction of sp³-hybridized carbons (Fsp3) is 0.459. The Morgan fingerprint density at radius 1 is 0.833 bits per heavy atom. The van der Waals surface area contributed by atoms with E-state index in [0.29, 0.717) is 24.1 Å². The number of nitrogens with two attached hydrogens (primary N) is 3. The van der Waals surface area contributed by atoms with Gasteiger partial charge in [-0.2, -0.15) is 4.98 Å². The summed E-state index contributed by atoms with van der Waals surface area (Å²) in [7, 11) is 0. The molecule has 0 saturated carbocycles. The summed E-state index contributed by atoms with van der Waals surface area (Å²) in [6, 6.07) is 0.545. The van der Waals surface area contributed by atoms with Crippen molar-refractivity contribution >= 4 is 70.6 Å². The van der Waals surface area contributed by atoms with Crippen LogP contribution >= 0.6 is 0 Å². The molecule has 5 amide bonds. The zero-order chi connectivity index (χ0) is 44.4. The Labute approximate surface area is 343 Å². The summed E-state index contributed by atoms with van der Waals surface area (Å²) in [4.78, 5) is 119. The number of benzene rings is 1. The van der Waals surface area contributed by atoms with Gasteiger partial charge in [-0.1, -0.05) is 20.8 Å². The fourth-order valence-corrected chi connectivity index (χ4v) is 5.57. The van der Waals surface area contributed by atoms with E-state index in [1.807, 2.05) is 0 Å². The molecule has 0 spiro atoms. The van der Waals surface area contributed by atoms with E-state index in [1.54, 1.807) is 32.9 Å². The number of aliphatic carboxylic acids is 1. The van der Waals surface area contributed by atoms with Gasteiger partial charge in [-0.05, 0) is 62.8 Å². The molecule has 0 aliphatic heterocycles. The largest absolute Gasteiger partial charge is 0.480 e. The molecule has 2 aromatic heterocycles. The van der Waals surface area contributed by atoms with Crippen LogP contribution in [0.4, 0.5) is 11.6 Å². The van der Waals surface area contributed by atoms with E-state index in [4.69, 9.17) is 17.2 Å². The highest BCUT2D eigenvalue weighted by atomic mass is 16.4. The van der Waals surface area contributed by atoms with Crippen molar-refractivity contribution < 1.29 is 38.7 Å². The van der Waals surface area contributed by atoms with Crippen LogP contribution in [-0.4, -0.2) is 110 Å². The van der Waals surface area contributed by atoms with Crippen molar-refractivity contribution in [2.24, 2.45) is 16.5 Å². The number of aromatic nitrogens is 4. The number of nitrogen functional groups attached to an aromatic ring is 1. The lowest BCUT2D eigenvalue weighted by Gasteiger charge is -2.25. The number of nitrogens with zero attached hydrogens (tertiary/aromatic N) is 4. The summed E-state index contributed by atoms with van der Waals surface area (Å²) in [5.41, 5.74) is 17.0. The average Bonchev–Trinajstić information content (AvgIpc) is 3.22. The van der Waals surface area contributed by atoms with Crippen LogP contribution in [0.25, 0.3) is 11.2 Å². The summed E-state index contributed by atoms with van der Waals surface area (Å²) in [6.45, 7) is 5.29. The molecule has 5 atom stereocenters. The minimum absolute atomic E-state index is 0.0177. The monoisotopic (exact) mass is 836 g/mol. The minimum atomic E-state index is -1.46. The van der Waals surface area contributed by atoms with Gasteiger partial charge in [-0.15, -0.1) is 0 Å². The van der Waals surface area contributed by atoms with Gasteiger partial charge in [-0.3, -0.25) is 38.7 Å². The summed E-state index contributed by atoms with van der Waals surface area (Å²) in [5.74, 6) is -5.04. The Bertz CT molecular complexity index is 2090. The van der Waals surface area contributed by atoms with Crippen LogP contribution in [0.2, 0.25) is 0 Å². The highest BCUT2D eigenvalue weighted by Gasteiger charge is 2.30. The Kier molecular flexibility index (Phi) is 18.3. The number of rotatable bonds is 24. The van der Waals surface area contributed by atoms with Crippen LogP contribution in [0.3, 0.4) is 0 Å². The first-order chi connectivity index (χ1) is 28.6. The van der Waals surface area contributed by atoms with E-state index in [1.165, 1.54) is 18.3 Å². The number of carbonyl (C=O) groups is 7. The molecule has 0 aliphatic rings. The lowest BCUT2D eigenvalue weighted by molar-refractivity contribution is -0.139. The molecule has 1 aromatic carbocycles. The number of carboxylic acid groups (broad SMARTS) is 1. The van der Waals surface area contributed by atoms with E-state index in [-0.39, 0.29) is 80.2 Å². The van der Waals surface area contributed by atoms with E-state index in [0.717, 1.165) is 0 Å². The molecule has 0 unspecified atom stereocenters. The van der Waals surface area contributed by atoms with Crippen LogP contribution in [-0.2, 0) is 35.3 Å². The van der Waals surface area contributed by atoms with Gasteiger partial charge in [0.25, 0.3) is 11.5 Å². The number of H-pyrrole nitrogens is 1. The van der Waals surface area contributed by atoms with Crippen molar-refractivity contribution in [3.63, 3.8) is 0 Å². The fourth-order valence-electron chi connectivity index (χ4n) is 5.57. The predicted octanol–water partition coefficient (Wildman–Crippen LogP) is -1.71. The molecule has 0 fully saturated rings. The van der Waals surface area contributed by atoms with Crippen molar-refractivity contribution in [3.05, 3.63) is 52.1 Å². The third-order valence-electron chi connectivity index (χ3n) is 8.98. The quantitative estimate of drug-likeness (QED) is 0.0207. The Morgan fingerprint density at radius 3 is 2.08 bits per heavy atom. The Hall–Kier alpha value is -7.20. The maximum absolute atomic E-state index is 13.4. The molecule has 0 radical (unpaired) electrons. The number of amides is 5. The van der Waals surface area contributed by atoms with E-state index in [2.05, 4.69) is 56.8 Å². The number of aliphatic imine (C=N–C) groups is 1. The van der Waals surface area contributed by atoms with Crippen LogP contribution in [0.15, 0.2) is 40.2 Å².